The molecule has 0 bridgehead atoms. The van der Waals surface area contributed by atoms with Crippen LogP contribution in [0.15, 0.2) is 24.3 Å². The van der Waals surface area contributed by atoms with Gasteiger partial charge in [-0.2, -0.15) is 0 Å². The van der Waals surface area contributed by atoms with Gasteiger partial charge in [0, 0.05) is 6.42 Å². The average molecular weight is 196 g/mol. The maximum atomic E-state index is 10.2. The maximum absolute atomic E-state index is 10.2. The fourth-order valence-electron chi connectivity index (χ4n) is 1.07. The number of hydrogen-bond donors (Lipinski definition) is 1. The minimum atomic E-state index is -0.735. The molecule has 2 heteroatoms. The third-order valence-electron chi connectivity index (χ3n) is 1.88. The minimum Gasteiger partial charge on any atom is -0.481 e. The van der Waals surface area contributed by atoms with Crippen LogP contribution in [0.3, 0.4) is 0 Å². The Kier molecular flexibility index (Phi) is 9.28. The molecule has 0 aromatic heterocycles. The molecular weight excluding hydrogens is 176 g/mol. The lowest BCUT2D eigenvalue weighted by Gasteiger charge is -1.90. The zero-order valence-electron chi connectivity index (χ0n) is 8.91. The third kappa shape index (κ3) is 11.0. The number of carboxylic acids is 1. The van der Waals surface area contributed by atoms with Crippen molar-refractivity contribution < 1.29 is 9.90 Å². The SMILES string of the molecule is CCCCC/C=C/C=C/CCC(=O)O. The van der Waals surface area contributed by atoms with Gasteiger partial charge in [-0.1, -0.05) is 44.1 Å². The number of aliphatic carboxylic acids is 1. The Hall–Kier alpha value is -1.05. The molecule has 0 saturated carbocycles. The van der Waals surface area contributed by atoms with E-state index in [0.29, 0.717) is 6.42 Å². The number of carboxylic acid groups (broad SMARTS) is 1. The van der Waals surface area contributed by atoms with E-state index in [2.05, 4.69) is 13.0 Å². The Morgan fingerprint density at radius 2 is 1.79 bits per heavy atom. The van der Waals surface area contributed by atoms with Crippen molar-refractivity contribution in [2.24, 2.45) is 0 Å². The molecule has 0 amide bonds. The van der Waals surface area contributed by atoms with E-state index in [0.717, 1.165) is 6.42 Å². The summed E-state index contributed by atoms with van der Waals surface area (Å²) in [6, 6.07) is 0. The van der Waals surface area contributed by atoms with Gasteiger partial charge in [0.25, 0.3) is 0 Å². The lowest BCUT2D eigenvalue weighted by atomic mass is 10.2. The van der Waals surface area contributed by atoms with Gasteiger partial charge >= 0.3 is 5.97 Å². The van der Waals surface area contributed by atoms with E-state index in [1.54, 1.807) is 0 Å². The Labute approximate surface area is 86.3 Å². The molecule has 0 aliphatic heterocycles. The van der Waals surface area contributed by atoms with Crippen LogP contribution in [0.1, 0.15) is 45.4 Å². The standard InChI is InChI=1S/C12H20O2/c1-2-3-4-5-6-7-8-9-10-11-12(13)14/h6-9H,2-5,10-11H2,1H3,(H,13,14)/b7-6+,9-8+. The summed E-state index contributed by atoms with van der Waals surface area (Å²) >= 11 is 0. The molecule has 1 N–H and O–H groups in total. The van der Waals surface area contributed by atoms with Crippen LogP contribution < -0.4 is 0 Å². The maximum Gasteiger partial charge on any atom is 0.303 e. The van der Waals surface area contributed by atoms with Crippen molar-refractivity contribution in [3.8, 4) is 0 Å². The minimum absolute atomic E-state index is 0.222. The fourth-order valence-corrected chi connectivity index (χ4v) is 1.07. The van der Waals surface area contributed by atoms with Gasteiger partial charge in [0.15, 0.2) is 0 Å². The smallest absolute Gasteiger partial charge is 0.303 e. The first-order valence-electron chi connectivity index (χ1n) is 5.30. The number of carbonyl (C=O) groups is 1. The van der Waals surface area contributed by atoms with Gasteiger partial charge < -0.3 is 5.11 Å². The van der Waals surface area contributed by atoms with Gasteiger partial charge in [0.2, 0.25) is 0 Å². The van der Waals surface area contributed by atoms with Gasteiger partial charge in [-0.3, -0.25) is 4.79 Å². The van der Waals surface area contributed by atoms with Crippen molar-refractivity contribution in [3.05, 3.63) is 24.3 Å². The molecule has 0 spiro atoms. The summed E-state index contributed by atoms with van der Waals surface area (Å²) in [5, 5.41) is 8.36. The summed E-state index contributed by atoms with van der Waals surface area (Å²) in [5.41, 5.74) is 0. The van der Waals surface area contributed by atoms with E-state index in [-0.39, 0.29) is 6.42 Å². The van der Waals surface area contributed by atoms with Gasteiger partial charge in [0.05, 0.1) is 0 Å². The number of hydrogen-bond acceptors (Lipinski definition) is 1. The Morgan fingerprint density at radius 3 is 2.36 bits per heavy atom. The summed E-state index contributed by atoms with van der Waals surface area (Å²) in [5.74, 6) is -0.735. The molecule has 80 valence electrons. The van der Waals surface area contributed by atoms with Crippen LogP contribution in [0, 0.1) is 0 Å². The highest BCUT2D eigenvalue weighted by Crippen LogP contribution is 1.99. The van der Waals surface area contributed by atoms with Crippen molar-refractivity contribution in [3.63, 3.8) is 0 Å². The molecule has 0 aliphatic carbocycles. The van der Waals surface area contributed by atoms with E-state index in [1.165, 1.54) is 19.3 Å². The molecule has 0 aliphatic rings. The summed E-state index contributed by atoms with van der Waals surface area (Å²) in [7, 11) is 0. The van der Waals surface area contributed by atoms with E-state index in [9.17, 15) is 4.79 Å². The molecule has 0 fully saturated rings. The Bertz CT molecular complexity index is 192. The predicted octanol–water partition coefficient (Wildman–Crippen LogP) is 3.54. The van der Waals surface area contributed by atoms with Crippen LogP contribution in [0.2, 0.25) is 0 Å². The van der Waals surface area contributed by atoms with E-state index in [1.807, 2.05) is 18.2 Å². The number of rotatable bonds is 8. The average Bonchev–Trinajstić information content (AvgIpc) is 2.15. The van der Waals surface area contributed by atoms with Crippen LogP contribution in [0.25, 0.3) is 0 Å². The summed E-state index contributed by atoms with van der Waals surface area (Å²) in [6.07, 6.45) is 13.7. The van der Waals surface area contributed by atoms with Crippen molar-refractivity contribution in [1.82, 2.24) is 0 Å². The van der Waals surface area contributed by atoms with Crippen molar-refractivity contribution in [1.29, 1.82) is 0 Å². The van der Waals surface area contributed by atoms with Crippen LogP contribution in [0.4, 0.5) is 0 Å². The Balaban J connectivity index is 3.28. The van der Waals surface area contributed by atoms with Crippen molar-refractivity contribution in [2.45, 2.75) is 45.4 Å². The Morgan fingerprint density at radius 1 is 1.14 bits per heavy atom. The topological polar surface area (TPSA) is 37.3 Å². The molecular formula is C12H20O2. The highest BCUT2D eigenvalue weighted by molar-refractivity contribution is 5.66. The zero-order chi connectivity index (χ0) is 10.6. The second-order valence-electron chi connectivity index (χ2n) is 3.28. The van der Waals surface area contributed by atoms with Gasteiger partial charge in [-0.15, -0.1) is 0 Å². The molecule has 0 heterocycles. The quantitative estimate of drug-likeness (QED) is 0.476. The first kappa shape index (κ1) is 12.9. The van der Waals surface area contributed by atoms with E-state index >= 15 is 0 Å². The van der Waals surface area contributed by atoms with Gasteiger partial charge in [-0.05, 0) is 19.3 Å². The number of allylic oxidation sites excluding steroid dienone is 4. The second-order valence-corrected chi connectivity index (χ2v) is 3.28. The molecule has 0 aromatic carbocycles. The third-order valence-corrected chi connectivity index (χ3v) is 1.88. The zero-order valence-corrected chi connectivity index (χ0v) is 8.91. The van der Waals surface area contributed by atoms with Crippen LogP contribution >= 0.6 is 0 Å². The first-order chi connectivity index (χ1) is 6.77. The van der Waals surface area contributed by atoms with E-state index < -0.39 is 5.97 Å². The molecule has 0 rings (SSSR count). The number of unbranched alkanes of at least 4 members (excludes halogenated alkanes) is 3. The molecule has 0 unspecified atom stereocenters. The predicted molar refractivity (Wildman–Crippen MR) is 59.3 cm³/mol. The largest absolute Gasteiger partial charge is 0.481 e. The molecule has 2 nitrogen and oxygen atoms in total. The molecule has 0 atom stereocenters. The van der Waals surface area contributed by atoms with Crippen LogP contribution in [0.5, 0.6) is 0 Å². The summed E-state index contributed by atoms with van der Waals surface area (Å²) in [4.78, 5) is 10.2. The molecule has 0 saturated heterocycles. The molecule has 0 aromatic rings. The highest BCUT2D eigenvalue weighted by Gasteiger charge is 1.90. The van der Waals surface area contributed by atoms with E-state index in [4.69, 9.17) is 5.11 Å². The summed E-state index contributed by atoms with van der Waals surface area (Å²) in [6.45, 7) is 2.19. The molecule has 0 radical (unpaired) electrons. The normalized spacial score (nSPS) is 11.5. The summed E-state index contributed by atoms with van der Waals surface area (Å²) < 4.78 is 0. The van der Waals surface area contributed by atoms with Gasteiger partial charge in [0.1, 0.15) is 0 Å². The van der Waals surface area contributed by atoms with Gasteiger partial charge in [-0.25, -0.2) is 0 Å². The lowest BCUT2D eigenvalue weighted by molar-refractivity contribution is -0.136. The highest BCUT2D eigenvalue weighted by atomic mass is 16.4. The van der Waals surface area contributed by atoms with Crippen molar-refractivity contribution >= 4 is 5.97 Å². The monoisotopic (exact) mass is 196 g/mol. The molecule has 14 heavy (non-hydrogen) atoms. The van der Waals surface area contributed by atoms with Crippen LogP contribution in [-0.2, 0) is 4.79 Å². The van der Waals surface area contributed by atoms with Crippen LogP contribution in [-0.4, -0.2) is 11.1 Å². The lowest BCUT2D eigenvalue weighted by Crippen LogP contribution is -1.91. The second kappa shape index (κ2) is 10.0. The first-order valence-corrected chi connectivity index (χ1v) is 5.30. The van der Waals surface area contributed by atoms with Crippen molar-refractivity contribution in [2.75, 3.05) is 0 Å². The fraction of sp³-hybridized carbons (Fsp3) is 0.583.